The van der Waals surface area contributed by atoms with Crippen LogP contribution in [-0.2, 0) is 4.79 Å². The summed E-state index contributed by atoms with van der Waals surface area (Å²) >= 11 is 0. The van der Waals surface area contributed by atoms with E-state index >= 15 is 0 Å². The minimum absolute atomic E-state index is 0.0824. The van der Waals surface area contributed by atoms with Crippen LogP contribution in [0.4, 0.5) is 5.69 Å². The predicted molar refractivity (Wildman–Crippen MR) is 133 cm³/mol. The van der Waals surface area contributed by atoms with Crippen LogP contribution in [-0.4, -0.2) is 49.0 Å². The first kappa shape index (κ1) is 23.1. The fourth-order valence-electron chi connectivity index (χ4n) is 4.25. The first-order valence-electron chi connectivity index (χ1n) is 11.3. The van der Waals surface area contributed by atoms with Gasteiger partial charge >= 0.3 is 0 Å². The lowest BCUT2D eigenvalue weighted by Crippen LogP contribution is -2.50. The van der Waals surface area contributed by atoms with E-state index in [1.807, 2.05) is 42.5 Å². The number of anilines is 1. The molecule has 1 aliphatic heterocycles. The SMILES string of the molecule is COc1cccc(N/C=C(/C#N)C(=O)N2CCN(C(c3ccccc3)c3ccccc3)CC2)c1. The molecule has 6 heteroatoms. The van der Waals surface area contributed by atoms with Gasteiger partial charge in [-0.2, -0.15) is 5.26 Å². The first-order valence-corrected chi connectivity index (χ1v) is 11.3. The van der Waals surface area contributed by atoms with Crippen molar-refractivity contribution in [2.45, 2.75) is 6.04 Å². The molecule has 1 saturated heterocycles. The maximum atomic E-state index is 13.0. The number of carbonyl (C=O) groups excluding carboxylic acids is 1. The van der Waals surface area contributed by atoms with E-state index in [-0.39, 0.29) is 17.5 Å². The molecule has 0 unspecified atom stereocenters. The van der Waals surface area contributed by atoms with Gasteiger partial charge < -0.3 is 15.0 Å². The zero-order chi connectivity index (χ0) is 23.8. The van der Waals surface area contributed by atoms with E-state index in [9.17, 15) is 10.1 Å². The molecule has 0 spiro atoms. The number of nitriles is 1. The highest BCUT2D eigenvalue weighted by Gasteiger charge is 2.29. The summed E-state index contributed by atoms with van der Waals surface area (Å²) in [4.78, 5) is 17.2. The number of nitrogens with one attached hydrogen (secondary N) is 1. The van der Waals surface area contributed by atoms with Crippen LogP contribution in [0.5, 0.6) is 5.75 Å². The van der Waals surface area contributed by atoms with Crippen molar-refractivity contribution in [2.75, 3.05) is 38.6 Å². The molecule has 6 nitrogen and oxygen atoms in total. The highest BCUT2D eigenvalue weighted by Crippen LogP contribution is 2.29. The summed E-state index contributed by atoms with van der Waals surface area (Å²) in [5.74, 6) is 0.444. The normalized spacial score (nSPS) is 14.5. The Morgan fingerprint density at radius 2 is 1.56 bits per heavy atom. The second-order valence-electron chi connectivity index (χ2n) is 8.10. The van der Waals surface area contributed by atoms with E-state index in [4.69, 9.17) is 4.74 Å². The van der Waals surface area contributed by atoms with E-state index in [0.717, 1.165) is 18.8 Å². The third kappa shape index (κ3) is 5.45. The number of ether oxygens (including phenoxy) is 1. The smallest absolute Gasteiger partial charge is 0.266 e. The van der Waals surface area contributed by atoms with Crippen molar-refractivity contribution in [3.05, 3.63) is 108 Å². The Morgan fingerprint density at radius 3 is 2.12 bits per heavy atom. The van der Waals surface area contributed by atoms with E-state index in [2.05, 4.69) is 58.7 Å². The number of rotatable bonds is 7. The van der Waals surface area contributed by atoms with Crippen molar-refractivity contribution >= 4 is 11.6 Å². The van der Waals surface area contributed by atoms with Crippen molar-refractivity contribution in [1.29, 1.82) is 5.26 Å². The van der Waals surface area contributed by atoms with Crippen molar-refractivity contribution in [2.24, 2.45) is 0 Å². The van der Waals surface area contributed by atoms with Crippen molar-refractivity contribution in [3.63, 3.8) is 0 Å². The molecule has 4 rings (SSSR count). The number of nitrogens with zero attached hydrogens (tertiary/aromatic N) is 3. The summed E-state index contributed by atoms with van der Waals surface area (Å²) in [5, 5.41) is 12.6. The van der Waals surface area contributed by atoms with Crippen LogP contribution in [0.3, 0.4) is 0 Å². The van der Waals surface area contributed by atoms with Gasteiger partial charge in [0.1, 0.15) is 17.4 Å². The standard InChI is InChI=1S/C28H28N4O2/c1-34-26-14-8-13-25(19-26)30-21-24(20-29)28(33)32-17-15-31(16-18-32)27(22-9-4-2-5-10-22)23-11-6-3-7-12-23/h2-14,19,21,27,30H,15-18H2,1H3/b24-21-. The number of piperazine rings is 1. The molecular weight excluding hydrogens is 424 g/mol. The Hall–Kier alpha value is -4.08. The first-order chi connectivity index (χ1) is 16.7. The van der Waals surface area contributed by atoms with Crippen LogP contribution in [0.25, 0.3) is 0 Å². The second kappa shape index (κ2) is 11.2. The number of hydrogen-bond acceptors (Lipinski definition) is 5. The highest BCUT2D eigenvalue weighted by atomic mass is 16.5. The minimum atomic E-state index is -0.256. The van der Waals surface area contributed by atoms with Gasteiger partial charge in [-0.15, -0.1) is 0 Å². The van der Waals surface area contributed by atoms with Gasteiger partial charge in [0.05, 0.1) is 13.2 Å². The molecule has 0 bridgehead atoms. The number of methoxy groups -OCH3 is 1. The van der Waals surface area contributed by atoms with Gasteiger partial charge in [0.25, 0.3) is 5.91 Å². The second-order valence-corrected chi connectivity index (χ2v) is 8.10. The lowest BCUT2D eigenvalue weighted by Gasteiger charge is -2.39. The van der Waals surface area contributed by atoms with Crippen LogP contribution in [0, 0.1) is 11.3 Å². The Balaban J connectivity index is 1.44. The maximum absolute atomic E-state index is 13.0. The molecule has 0 radical (unpaired) electrons. The van der Waals surface area contributed by atoms with Crippen LogP contribution < -0.4 is 10.1 Å². The lowest BCUT2D eigenvalue weighted by atomic mass is 9.96. The molecule has 0 aromatic heterocycles. The largest absolute Gasteiger partial charge is 0.497 e. The van der Waals surface area contributed by atoms with Gasteiger partial charge in [0, 0.05) is 44.1 Å². The number of amides is 1. The fourth-order valence-corrected chi connectivity index (χ4v) is 4.25. The summed E-state index contributed by atoms with van der Waals surface area (Å²) in [6.07, 6.45) is 1.47. The maximum Gasteiger partial charge on any atom is 0.266 e. The predicted octanol–water partition coefficient (Wildman–Crippen LogP) is 4.45. The van der Waals surface area contributed by atoms with E-state index in [1.165, 1.54) is 17.3 Å². The summed E-state index contributed by atoms with van der Waals surface area (Å²) < 4.78 is 5.22. The zero-order valence-corrected chi connectivity index (χ0v) is 19.2. The third-order valence-electron chi connectivity index (χ3n) is 6.00. The van der Waals surface area contributed by atoms with Gasteiger partial charge in [0.15, 0.2) is 0 Å². The van der Waals surface area contributed by atoms with Crippen LogP contribution in [0.1, 0.15) is 17.2 Å². The van der Waals surface area contributed by atoms with Crippen LogP contribution >= 0.6 is 0 Å². The Labute approximate surface area is 200 Å². The van der Waals surface area contributed by atoms with Crippen molar-refractivity contribution in [1.82, 2.24) is 9.80 Å². The van der Waals surface area contributed by atoms with E-state index in [1.54, 1.807) is 12.0 Å². The van der Waals surface area contributed by atoms with E-state index < -0.39 is 0 Å². The molecule has 1 aliphatic rings. The molecule has 34 heavy (non-hydrogen) atoms. The minimum Gasteiger partial charge on any atom is -0.497 e. The molecule has 0 atom stereocenters. The Kier molecular flexibility index (Phi) is 7.59. The van der Waals surface area contributed by atoms with Gasteiger partial charge in [-0.3, -0.25) is 9.69 Å². The third-order valence-corrected chi connectivity index (χ3v) is 6.00. The van der Waals surface area contributed by atoms with Gasteiger partial charge in [0.2, 0.25) is 0 Å². The number of carbonyl (C=O) groups is 1. The summed E-state index contributed by atoms with van der Waals surface area (Å²) in [6, 6.07) is 30.4. The molecule has 1 heterocycles. The van der Waals surface area contributed by atoms with E-state index in [0.29, 0.717) is 18.8 Å². The molecule has 172 valence electrons. The lowest BCUT2D eigenvalue weighted by molar-refractivity contribution is -0.128. The Bertz CT molecular complexity index is 1120. The van der Waals surface area contributed by atoms with Gasteiger partial charge in [-0.25, -0.2) is 0 Å². The average molecular weight is 453 g/mol. The topological polar surface area (TPSA) is 68.6 Å². The molecule has 1 amide bonds. The number of hydrogen-bond donors (Lipinski definition) is 1. The summed E-state index contributed by atoms with van der Waals surface area (Å²) in [5.41, 5.74) is 3.29. The molecule has 3 aromatic rings. The summed E-state index contributed by atoms with van der Waals surface area (Å²) in [7, 11) is 1.60. The zero-order valence-electron chi connectivity index (χ0n) is 19.2. The average Bonchev–Trinajstić information content (AvgIpc) is 2.91. The summed E-state index contributed by atoms with van der Waals surface area (Å²) in [6.45, 7) is 2.57. The fraction of sp³-hybridized carbons (Fsp3) is 0.214. The molecule has 0 saturated carbocycles. The van der Waals surface area contributed by atoms with Crippen molar-refractivity contribution in [3.8, 4) is 11.8 Å². The molecular formula is C28H28N4O2. The monoisotopic (exact) mass is 452 g/mol. The molecule has 3 aromatic carbocycles. The Morgan fingerprint density at radius 1 is 0.941 bits per heavy atom. The van der Waals surface area contributed by atoms with Crippen molar-refractivity contribution < 1.29 is 9.53 Å². The van der Waals surface area contributed by atoms with Crippen LogP contribution in [0.2, 0.25) is 0 Å². The molecule has 1 N–H and O–H groups in total. The van der Waals surface area contributed by atoms with Gasteiger partial charge in [-0.05, 0) is 23.3 Å². The highest BCUT2D eigenvalue weighted by molar-refractivity contribution is 5.97. The molecule has 1 fully saturated rings. The molecule has 0 aliphatic carbocycles. The number of benzene rings is 3. The van der Waals surface area contributed by atoms with Crippen LogP contribution in [0.15, 0.2) is 96.7 Å². The quantitative estimate of drug-likeness (QED) is 0.424. The van der Waals surface area contributed by atoms with Gasteiger partial charge in [-0.1, -0.05) is 66.7 Å².